The van der Waals surface area contributed by atoms with Crippen molar-refractivity contribution in [3.63, 3.8) is 0 Å². The zero-order valence-electron chi connectivity index (χ0n) is 8.80. The van der Waals surface area contributed by atoms with E-state index in [0.29, 0.717) is 0 Å². The Kier molecular flexibility index (Phi) is 2.71. The van der Waals surface area contributed by atoms with Crippen LogP contribution in [0.15, 0.2) is 6.20 Å². The van der Waals surface area contributed by atoms with Gasteiger partial charge in [-0.2, -0.15) is 0 Å². The predicted molar refractivity (Wildman–Crippen MR) is 62.1 cm³/mol. The molecule has 0 aliphatic carbocycles. The van der Waals surface area contributed by atoms with Gasteiger partial charge in [-0.05, 0) is 13.8 Å². The SMILES string of the molecule is CC(C)(C)c1cnnn1C(C)(C)I. The van der Waals surface area contributed by atoms with Gasteiger partial charge >= 0.3 is 0 Å². The van der Waals surface area contributed by atoms with E-state index in [-0.39, 0.29) is 8.96 Å². The van der Waals surface area contributed by atoms with Crippen molar-refractivity contribution in [2.24, 2.45) is 0 Å². The molecule has 0 unspecified atom stereocenters. The fourth-order valence-electron chi connectivity index (χ4n) is 1.14. The van der Waals surface area contributed by atoms with Gasteiger partial charge in [0.05, 0.1) is 11.9 Å². The number of rotatable bonds is 1. The molecule has 1 aromatic heterocycles. The molecule has 4 heteroatoms. The summed E-state index contributed by atoms with van der Waals surface area (Å²) in [5.41, 5.74) is 1.28. The minimum absolute atomic E-state index is 0.0170. The highest BCUT2D eigenvalue weighted by atomic mass is 127. The zero-order chi connectivity index (χ0) is 10.3. The summed E-state index contributed by atoms with van der Waals surface area (Å²) in [6.45, 7) is 10.8. The molecule has 13 heavy (non-hydrogen) atoms. The van der Waals surface area contributed by atoms with Crippen LogP contribution < -0.4 is 0 Å². The summed E-state index contributed by atoms with van der Waals surface area (Å²) in [7, 11) is 0. The number of alkyl halides is 1. The van der Waals surface area contributed by atoms with Gasteiger partial charge in [0.25, 0.3) is 0 Å². The Hall–Kier alpha value is -0.130. The van der Waals surface area contributed by atoms with Gasteiger partial charge in [-0.15, -0.1) is 5.10 Å². The number of aromatic nitrogens is 3. The fraction of sp³-hybridized carbons (Fsp3) is 0.778. The maximum Gasteiger partial charge on any atom is 0.110 e. The van der Waals surface area contributed by atoms with Gasteiger partial charge in [0, 0.05) is 5.41 Å². The lowest BCUT2D eigenvalue weighted by Gasteiger charge is -2.25. The van der Waals surface area contributed by atoms with E-state index in [1.54, 1.807) is 0 Å². The molecular weight excluding hydrogens is 277 g/mol. The van der Waals surface area contributed by atoms with Gasteiger partial charge in [-0.1, -0.05) is 48.6 Å². The normalized spacial score (nSPS) is 13.4. The number of halogens is 1. The Morgan fingerprint density at radius 2 is 1.77 bits per heavy atom. The molecule has 0 aliphatic rings. The van der Waals surface area contributed by atoms with Gasteiger partial charge in [0.15, 0.2) is 0 Å². The van der Waals surface area contributed by atoms with E-state index in [1.807, 2.05) is 10.9 Å². The Balaban J connectivity index is 3.19. The van der Waals surface area contributed by atoms with Crippen molar-refractivity contribution in [2.75, 3.05) is 0 Å². The molecule has 0 aliphatic heterocycles. The van der Waals surface area contributed by atoms with Gasteiger partial charge in [0.2, 0.25) is 0 Å². The van der Waals surface area contributed by atoms with Crippen LogP contribution in [0.4, 0.5) is 0 Å². The van der Waals surface area contributed by atoms with Gasteiger partial charge < -0.3 is 0 Å². The van der Waals surface area contributed by atoms with Crippen LogP contribution in [0.3, 0.4) is 0 Å². The van der Waals surface area contributed by atoms with Crippen LogP contribution in [0, 0.1) is 0 Å². The Morgan fingerprint density at radius 1 is 1.23 bits per heavy atom. The van der Waals surface area contributed by atoms with Crippen LogP contribution in [-0.4, -0.2) is 15.0 Å². The molecule has 0 bridgehead atoms. The van der Waals surface area contributed by atoms with Crippen LogP contribution >= 0.6 is 22.6 Å². The topological polar surface area (TPSA) is 30.7 Å². The lowest BCUT2D eigenvalue weighted by Crippen LogP contribution is -2.27. The van der Waals surface area contributed by atoms with Crippen LogP contribution in [0.5, 0.6) is 0 Å². The Bertz CT molecular complexity index is 262. The highest BCUT2D eigenvalue weighted by Gasteiger charge is 2.26. The molecule has 1 heterocycles. The average molecular weight is 293 g/mol. The summed E-state index contributed by atoms with van der Waals surface area (Å²) < 4.78 is 1.96. The summed E-state index contributed by atoms with van der Waals surface area (Å²) >= 11 is 2.37. The second-order valence-corrected chi connectivity index (χ2v) is 7.33. The molecule has 0 N–H and O–H groups in total. The molecule has 0 saturated heterocycles. The van der Waals surface area contributed by atoms with Gasteiger partial charge in [0.1, 0.15) is 3.55 Å². The number of nitrogens with zero attached hydrogens (tertiary/aromatic N) is 3. The molecule has 0 fully saturated rings. The summed E-state index contributed by atoms with van der Waals surface area (Å²) in [4.78, 5) is 0. The first-order valence-corrected chi connectivity index (χ1v) is 5.41. The van der Waals surface area contributed by atoms with Crippen molar-refractivity contribution in [1.29, 1.82) is 0 Å². The molecule has 74 valence electrons. The highest BCUT2D eigenvalue weighted by Crippen LogP contribution is 2.29. The van der Waals surface area contributed by atoms with E-state index in [4.69, 9.17) is 0 Å². The molecule has 0 saturated carbocycles. The standard InChI is InChI=1S/C9H16IN3/c1-8(2,3)7-6-11-12-13(7)9(4,5)10/h6H,1-5H3. The Labute approximate surface area is 93.0 Å². The van der Waals surface area contributed by atoms with E-state index < -0.39 is 0 Å². The summed E-state index contributed by atoms with van der Waals surface area (Å²) in [6.07, 6.45) is 1.85. The van der Waals surface area contributed by atoms with Crippen LogP contribution in [0.25, 0.3) is 0 Å². The van der Waals surface area contributed by atoms with E-state index in [1.165, 1.54) is 5.69 Å². The summed E-state index contributed by atoms with van der Waals surface area (Å²) in [5.74, 6) is 0. The number of hydrogen-bond donors (Lipinski definition) is 0. The predicted octanol–water partition coefficient (Wildman–Crippen LogP) is 2.70. The second kappa shape index (κ2) is 3.22. The lowest BCUT2D eigenvalue weighted by atomic mass is 9.92. The molecule has 0 amide bonds. The zero-order valence-corrected chi connectivity index (χ0v) is 11.0. The third-order valence-corrected chi connectivity index (χ3v) is 2.28. The van der Waals surface area contributed by atoms with Crippen molar-refractivity contribution in [3.8, 4) is 0 Å². The molecule has 0 atom stereocenters. The monoisotopic (exact) mass is 293 g/mol. The van der Waals surface area contributed by atoms with Gasteiger partial charge in [-0.3, -0.25) is 0 Å². The molecular formula is C9H16IN3. The minimum Gasteiger partial charge on any atom is -0.234 e. The molecule has 0 radical (unpaired) electrons. The first-order valence-electron chi connectivity index (χ1n) is 4.33. The maximum absolute atomic E-state index is 4.11. The first kappa shape index (κ1) is 10.9. The summed E-state index contributed by atoms with van der Waals surface area (Å²) in [5, 5.41) is 8.08. The van der Waals surface area contributed by atoms with E-state index in [9.17, 15) is 0 Å². The van der Waals surface area contributed by atoms with Crippen LogP contribution in [0.2, 0.25) is 0 Å². The molecule has 1 rings (SSSR count). The lowest BCUT2D eigenvalue weighted by molar-refractivity contribution is 0.423. The van der Waals surface area contributed by atoms with Crippen molar-refractivity contribution >= 4 is 22.6 Å². The third-order valence-electron chi connectivity index (χ3n) is 1.82. The first-order chi connectivity index (χ1) is 5.73. The quantitative estimate of drug-likeness (QED) is 0.589. The van der Waals surface area contributed by atoms with Crippen LogP contribution in [-0.2, 0) is 8.96 Å². The largest absolute Gasteiger partial charge is 0.234 e. The van der Waals surface area contributed by atoms with Crippen molar-refractivity contribution < 1.29 is 0 Å². The molecule has 3 nitrogen and oxygen atoms in total. The summed E-state index contributed by atoms with van der Waals surface area (Å²) in [6, 6.07) is 0. The average Bonchev–Trinajstić information content (AvgIpc) is 2.27. The molecule has 0 spiro atoms. The van der Waals surface area contributed by atoms with Crippen molar-refractivity contribution in [1.82, 2.24) is 15.0 Å². The van der Waals surface area contributed by atoms with Crippen LogP contribution in [0.1, 0.15) is 40.3 Å². The Morgan fingerprint density at radius 3 is 2.08 bits per heavy atom. The van der Waals surface area contributed by atoms with E-state index in [0.717, 1.165) is 0 Å². The van der Waals surface area contributed by atoms with E-state index >= 15 is 0 Å². The smallest absolute Gasteiger partial charge is 0.110 e. The number of hydrogen-bond acceptors (Lipinski definition) is 2. The van der Waals surface area contributed by atoms with Crippen molar-refractivity contribution in [2.45, 2.75) is 43.6 Å². The molecule has 1 aromatic rings. The second-order valence-electron chi connectivity index (χ2n) is 4.69. The third kappa shape index (κ3) is 2.42. The minimum atomic E-state index is -0.0170. The van der Waals surface area contributed by atoms with Crippen molar-refractivity contribution in [3.05, 3.63) is 11.9 Å². The molecule has 0 aromatic carbocycles. The highest BCUT2D eigenvalue weighted by molar-refractivity contribution is 14.1. The maximum atomic E-state index is 4.11. The van der Waals surface area contributed by atoms with Gasteiger partial charge in [-0.25, -0.2) is 4.68 Å². The van der Waals surface area contributed by atoms with E-state index in [2.05, 4.69) is 67.5 Å². The fourth-order valence-corrected chi connectivity index (χ4v) is 1.50.